The maximum Gasteiger partial charge on any atom is 0.416 e. The van der Waals surface area contributed by atoms with Crippen LogP contribution in [0.15, 0.2) is 100 Å². The molecule has 0 N–H and O–H groups in total. The predicted molar refractivity (Wildman–Crippen MR) is 198 cm³/mol. The maximum absolute atomic E-state index is 15.8. The van der Waals surface area contributed by atoms with Gasteiger partial charge in [-0.2, -0.15) is 13.2 Å². The van der Waals surface area contributed by atoms with E-state index in [1.165, 1.54) is 0 Å². The van der Waals surface area contributed by atoms with E-state index < -0.39 is 254 Å². The van der Waals surface area contributed by atoms with Gasteiger partial charge in [0, 0.05) is 75.6 Å². The molecular formula is C41H40F5N3O3S. The number of carbonyl (C=O) groups excluding carboxylic acids is 1. The van der Waals surface area contributed by atoms with E-state index in [0.29, 0.717) is 14.0 Å². The number of para-hydroxylation sites is 1. The molecule has 0 bridgehead atoms. The highest BCUT2D eigenvalue weighted by Crippen LogP contribution is 2.34. The Bertz CT molecular complexity index is 3560. The maximum atomic E-state index is 15.8. The van der Waals surface area contributed by atoms with Crippen molar-refractivity contribution in [3.63, 3.8) is 0 Å². The van der Waals surface area contributed by atoms with Gasteiger partial charge in [0.15, 0.2) is 17.1 Å². The molecule has 1 aliphatic rings. The van der Waals surface area contributed by atoms with E-state index in [4.69, 9.17) is 31.5 Å². The summed E-state index contributed by atoms with van der Waals surface area (Å²) < 4.78 is 342. The number of methoxy groups -OCH3 is 1. The van der Waals surface area contributed by atoms with Gasteiger partial charge in [0.1, 0.15) is 6.54 Å². The molecule has 1 saturated heterocycles. The normalized spacial score (nSPS) is 27.5. The van der Waals surface area contributed by atoms with Crippen LogP contribution in [-0.4, -0.2) is 59.5 Å². The number of hydrogen-bond acceptors (Lipinski definition) is 5. The number of alkyl halides is 3. The van der Waals surface area contributed by atoms with Crippen LogP contribution in [0.25, 0.3) is 22.0 Å². The highest BCUT2D eigenvalue weighted by atomic mass is 32.2. The molecule has 0 atom stereocenters. The van der Waals surface area contributed by atoms with E-state index in [0.717, 1.165) is 0 Å². The Morgan fingerprint density at radius 3 is 2.45 bits per heavy atom. The highest BCUT2D eigenvalue weighted by Gasteiger charge is 2.32. The van der Waals surface area contributed by atoms with E-state index in [2.05, 4.69) is 4.74 Å². The number of likely N-dealkylation sites (tertiary alicyclic amines) is 1. The number of piperidine rings is 1. The fourth-order valence-electron chi connectivity index (χ4n) is 4.35. The van der Waals surface area contributed by atoms with Crippen LogP contribution < -0.4 is 5.43 Å². The number of pyridine rings is 1. The lowest BCUT2D eigenvalue weighted by molar-refractivity contribution is -0.138. The average molecular weight is 780 g/mol. The van der Waals surface area contributed by atoms with Crippen molar-refractivity contribution in [2.45, 2.75) is 55.6 Å². The zero-order chi connectivity index (χ0) is 64.2. The molecule has 6 nitrogen and oxygen atoms in total. The van der Waals surface area contributed by atoms with E-state index in [9.17, 15) is 27.6 Å². The molecule has 0 unspecified atom stereocenters. The minimum absolute atomic E-state index is 0.0295. The van der Waals surface area contributed by atoms with Gasteiger partial charge < -0.3 is 19.1 Å². The Labute approximate surface area is 351 Å². The third kappa shape index (κ3) is 9.00. The van der Waals surface area contributed by atoms with Crippen molar-refractivity contribution in [3.8, 4) is 11.1 Å². The molecule has 0 saturated carbocycles. The van der Waals surface area contributed by atoms with Crippen molar-refractivity contribution in [1.82, 2.24) is 14.4 Å². The number of halogens is 5. The lowest BCUT2D eigenvalue weighted by atomic mass is 9.98. The molecule has 5 aromatic rings. The van der Waals surface area contributed by atoms with Crippen LogP contribution in [0, 0.1) is 18.6 Å². The predicted octanol–water partition coefficient (Wildman–Crippen LogP) is 8.71. The number of fused-ring (bicyclic) bond motifs is 1. The summed E-state index contributed by atoms with van der Waals surface area (Å²) >= 11 is -0.693. The van der Waals surface area contributed by atoms with Gasteiger partial charge in [-0.1, -0.05) is 60.4 Å². The van der Waals surface area contributed by atoms with Crippen LogP contribution in [-0.2, 0) is 34.5 Å². The van der Waals surface area contributed by atoms with Crippen molar-refractivity contribution in [2.75, 3.05) is 33.2 Å². The molecule has 2 heterocycles. The fourth-order valence-corrected chi connectivity index (χ4v) is 5.10. The summed E-state index contributed by atoms with van der Waals surface area (Å²) in [5.41, 5.74) is -16.3. The number of benzene rings is 4. The minimum atomic E-state index is -5.41. The first-order chi connectivity index (χ1) is 37.3. The number of ether oxygens (including phenoxy) is 1. The van der Waals surface area contributed by atoms with Gasteiger partial charge in [-0.3, -0.25) is 9.59 Å². The topological polar surface area (TPSA) is 54.8 Å². The lowest BCUT2D eigenvalue weighted by Crippen LogP contribution is -2.48. The van der Waals surface area contributed by atoms with Crippen LogP contribution in [0.5, 0.6) is 0 Å². The van der Waals surface area contributed by atoms with Gasteiger partial charge >= 0.3 is 6.18 Å². The SMILES string of the molecule is [2H]c1c([2H])c(F)c(F)c(C([2H])([2H])Sc2c([2H])c(=O)c3c([2H])c([2H])c([2H])c([2H])c3n2CC(=O)N(C([2H])([2H])c2c([2H])c([2H])c(-c3c([2H])c([2H])c(C(F)(F)F)c(C)c3[2H])c([2H])c2[2H])C2([2H])C([2H])([2H])C([2H])([2H])N(CC([2H])([2H])OC)C([2H])([2H])C2([2H])[2H])c1[2H]. The van der Waals surface area contributed by atoms with Gasteiger partial charge in [0.25, 0.3) is 0 Å². The van der Waals surface area contributed by atoms with E-state index >= 15 is 13.6 Å². The van der Waals surface area contributed by atoms with E-state index in [-0.39, 0.29) is 4.57 Å². The Hall–Kier alpha value is -4.52. The third-order valence-corrected chi connectivity index (χ3v) is 7.61. The lowest BCUT2D eigenvalue weighted by Gasteiger charge is -2.39. The van der Waals surface area contributed by atoms with Crippen LogP contribution in [0.3, 0.4) is 0 Å². The number of amides is 1. The zero-order valence-electron chi connectivity index (χ0n) is 56.8. The van der Waals surface area contributed by atoms with E-state index in [1.807, 2.05) is 0 Å². The minimum Gasteiger partial charge on any atom is -0.383 e. The largest absolute Gasteiger partial charge is 0.416 e. The summed E-state index contributed by atoms with van der Waals surface area (Å²) in [6.07, 6.45) is -15.1. The number of rotatable bonds is 12. The first-order valence-corrected chi connectivity index (χ1v) is 15.3. The summed E-state index contributed by atoms with van der Waals surface area (Å²) in [5, 5.41) is -2.82. The Morgan fingerprint density at radius 1 is 1.02 bits per heavy atom. The summed E-state index contributed by atoms with van der Waals surface area (Å²) in [6, 6.07) is -28.4. The molecule has 0 aliphatic carbocycles. The molecule has 53 heavy (non-hydrogen) atoms. The molecule has 1 aliphatic heterocycles. The average Bonchev–Trinajstić information content (AvgIpc) is 0.898. The second-order valence-electron chi connectivity index (χ2n) is 10.2. The first-order valence-electron chi connectivity index (χ1n) is 29.5. The quantitative estimate of drug-likeness (QED) is 0.0938. The monoisotopic (exact) mass is 779 g/mol. The molecule has 12 heteroatoms. The number of carbonyl (C=O) groups is 1. The Balaban J connectivity index is 1.82. The molecule has 6 rings (SSSR count). The molecular weight excluding hydrogens is 710 g/mol. The summed E-state index contributed by atoms with van der Waals surface area (Å²) in [7, 11) is 0.647. The number of nitrogens with zero attached hydrogens (tertiary/aromatic N) is 3. The van der Waals surface area contributed by atoms with Crippen molar-refractivity contribution in [3.05, 3.63) is 135 Å². The van der Waals surface area contributed by atoms with Crippen molar-refractivity contribution < 1.29 is 72.6 Å². The van der Waals surface area contributed by atoms with E-state index in [1.54, 1.807) is 0 Å². The van der Waals surface area contributed by atoms with Gasteiger partial charge in [-0.25, -0.2) is 8.78 Å². The summed E-state index contributed by atoms with van der Waals surface area (Å²) in [4.78, 5) is 28.4. The second-order valence-corrected chi connectivity index (χ2v) is 11.0. The number of aromatic nitrogens is 1. The van der Waals surface area contributed by atoms with Crippen LogP contribution in [0.2, 0.25) is 0 Å². The fraction of sp³-hybridized carbons (Fsp3) is 0.317. The highest BCUT2D eigenvalue weighted by molar-refractivity contribution is 7.98. The number of thioether (sulfide) groups is 1. The Morgan fingerprint density at radius 2 is 1.74 bits per heavy atom. The summed E-state index contributed by atoms with van der Waals surface area (Å²) in [5.74, 6) is -7.16. The second kappa shape index (κ2) is 16.7. The molecule has 1 fully saturated rings. The van der Waals surface area contributed by atoms with Crippen molar-refractivity contribution in [1.29, 1.82) is 0 Å². The molecule has 4 aromatic carbocycles. The summed E-state index contributed by atoms with van der Waals surface area (Å²) in [6.45, 7) is -20.4. The molecule has 1 amide bonds. The van der Waals surface area contributed by atoms with Crippen LogP contribution >= 0.6 is 11.8 Å². The van der Waals surface area contributed by atoms with Gasteiger partial charge in [0.05, 0.1) is 50.1 Å². The van der Waals surface area contributed by atoms with Crippen molar-refractivity contribution in [2.24, 2.45) is 0 Å². The van der Waals surface area contributed by atoms with Crippen LogP contribution in [0.1, 0.15) is 76.1 Å². The molecule has 0 spiro atoms. The molecule has 278 valence electrons. The smallest absolute Gasteiger partial charge is 0.383 e. The molecule has 0 radical (unpaired) electrons. The van der Waals surface area contributed by atoms with Crippen molar-refractivity contribution >= 4 is 28.6 Å². The standard InChI is InChI=1S/C41H40F5N3O3S/c1-27-22-30(14-15-34(27)41(44,45)46)29-12-10-28(11-13-29)24-48(32-16-18-47(19-17-32)20-21-52-2)38(51)25-49-36-9-4-3-7-33(36)37(50)23-39(49)53-26-31-6-5-8-35(42)40(31)43/h3-15,22-23,32H,16-21,24-26H2,1-2H3/i3D,4D,5D,6D,7D,8D,9D,10D,11D,12D,13D,14D,15D,16D2,17D2,18D2,19D2,21D2,22D,23D,24D2,26D2,32D. The zero-order valence-corrected chi connectivity index (χ0v) is 27.6. The van der Waals surface area contributed by atoms with Gasteiger partial charge in [-0.15, -0.1) is 11.8 Å². The number of hydrogen-bond donors (Lipinski definition) is 0. The Kier molecular flexibility index (Phi) is 4.93. The van der Waals surface area contributed by atoms with Crippen LogP contribution in [0.4, 0.5) is 22.0 Å². The first kappa shape index (κ1) is 15.7. The van der Waals surface area contributed by atoms with Gasteiger partial charge in [-0.05, 0) is 66.1 Å². The third-order valence-electron chi connectivity index (χ3n) is 6.79. The molecule has 1 aromatic heterocycles. The van der Waals surface area contributed by atoms with Gasteiger partial charge in [0.2, 0.25) is 5.91 Å².